The van der Waals surface area contributed by atoms with Gasteiger partial charge in [-0.2, -0.15) is 0 Å². The summed E-state index contributed by atoms with van der Waals surface area (Å²) in [5, 5.41) is 0.0893. The van der Waals surface area contributed by atoms with Crippen molar-refractivity contribution in [1.82, 2.24) is 19.5 Å². The molecule has 1 aliphatic heterocycles. The second kappa shape index (κ2) is 10.8. The molecule has 0 unspecified atom stereocenters. The van der Waals surface area contributed by atoms with Gasteiger partial charge in [0.1, 0.15) is 30.2 Å². The zero-order valence-corrected chi connectivity index (χ0v) is 30.7. The minimum absolute atomic E-state index is 0.00158. The molecular formula is C28H55N5O4Si3. The van der Waals surface area contributed by atoms with Crippen LogP contribution in [0.2, 0.25) is 54.4 Å². The van der Waals surface area contributed by atoms with Gasteiger partial charge in [-0.3, -0.25) is 4.57 Å². The molecule has 1 aliphatic rings. The van der Waals surface area contributed by atoms with E-state index in [9.17, 15) is 0 Å². The molecule has 12 heteroatoms. The maximum Gasteiger partial charge on any atom is 0.192 e. The second-order valence-corrected chi connectivity index (χ2v) is 30.2. The van der Waals surface area contributed by atoms with Crippen molar-refractivity contribution in [3.8, 4) is 0 Å². The van der Waals surface area contributed by atoms with Gasteiger partial charge in [-0.1, -0.05) is 62.3 Å². The highest BCUT2D eigenvalue weighted by molar-refractivity contribution is 6.75. The Morgan fingerprint density at radius 2 is 1.27 bits per heavy atom. The molecule has 3 heterocycles. The van der Waals surface area contributed by atoms with E-state index in [0.29, 0.717) is 23.6 Å². The molecular weight excluding hydrogens is 556 g/mol. The fourth-order valence-corrected chi connectivity index (χ4v) is 7.55. The van der Waals surface area contributed by atoms with Crippen molar-refractivity contribution in [3.63, 3.8) is 0 Å². The molecule has 40 heavy (non-hydrogen) atoms. The molecule has 2 aromatic heterocycles. The SMILES string of the molecule is CC(C)(C)[Si](C)(C)OC[C@H]1O[C@@H](n2cnc3c(N)[15n]cnc32)[C@H](O[Si](C)(C)C(C)(C)C)[C@@H]1O[Si](C)(C)C(C)(C)C. The van der Waals surface area contributed by atoms with Crippen LogP contribution in [0, 0.1) is 0 Å². The molecule has 228 valence electrons. The Balaban J connectivity index is 2.15. The van der Waals surface area contributed by atoms with Crippen LogP contribution in [0.5, 0.6) is 0 Å². The molecule has 0 radical (unpaired) electrons. The third kappa shape index (κ3) is 6.57. The number of nitrogens with zero attached hydrogens (tertiary/aromatic N) is 4. The van der Waals surface area contributed by atoms with E-state index in [1.807, 2.05) is 4.57 Å². The highest BCUT2D eigenvalue weighted by atomic mass is 28.4. The topological polar surface area (TPSA) is 107 Å². The number of nitrogens with two attached hydrogens (primary N) is 1. The zero-order chi connectivity index (χ0) is 30.7. The molecule has 0 aromatic carbocycles. The minimum Gasteiger partial charge on any atom is -0.414 e. The number of anilines is 1. The van der Waals surface area contributed by atoms with Gasteiger partial charge in [-0.05, 0) is 54.4 Å². The van der Waals surface area contributed by atoms with Gasteiger partial charge in [-0.15, -0.1) is 0 Å². The first-order valence-electron chi connectivity index (χ1n) is 14.5. The fourth-order valence-electron chi connectivity index (χ4n) is 3.93. The quantitative estimate of drug-likeness (QED) is 0.315. The number of imidazole rings is 1. The zero-order valence-electron chi connectivity index (χ0n) is 27.7. The summed E-state index contributed by atoms with van der Waals surface area (Å²) in [6, 6.07) is 0. The predicted octanol–water partition coefficient (Wildman–Crippen LogP) is 7.11. The van der Waals surface area contributed by atoms with Crippen molar-refractivity contribution in [2.24, 2.45) is 0 Å². The molecule has 0 bridgehead atoms. The van der Waals surface area contributed by atoms with Gasteiger partial charge in [0.25, 0.3) is 0 Å². The summed E-state index contributed by atoms with van der Waals surface area (Å²) in [5.74, 6) is 0.343. The lowest BCUT2D eigenvalue weighted by Gasteiger charge is -2.44. The van der Waals surface area contributed by atoms with E-state index < -0.39 is 31.2 Å². The molecule has 0 saturated carbocycles. The first-order chi connectivity index (χ1) is 17.9. The summed E-state index contributed by atoms with van der Waals surface area (Å²) in [5.41, 5.74) is 7.34. The Morgan fingerprint density at radius 1 is 0.775 bits per heavy atom. The largest absolute Gasteiger partial charge is 0.414 e. The van der Waals surface area contributed by atoms with Gasteiger partial charge in [-0.25, -0.2) is 15.0 Å². The van der Waals surface area contributed by atoms with Crippen molar-refractivity contribution in [3.05, 3.63) is 12.7 Å². The Hall–Kier alpha value is -1.16. The average molecular weight is 611 g/mol. The standard InChI is InChI=1S/C28H55N5O4Si3/c1-26(2,3)38(10,11)34-16-19-21(36-39(12,13)27(4,5)6)22(37-40(14,15)28(7,8)9)25(35-19)33-18-32-20-23(29)30-17-31-24(20)33/h17-19,21-22,25H,16H2,1-15H3,(H2,29,30,31)/t19-,21-,22-,25-/m1/s1/i30+1. The van der Waals surface area contributed by atoms with Crippen LogP contribution in [0.4, 0.5) is 5.82 Å². The third-order valence-electron chi connectivity index (χ3n) is 9.84. The summed E-state index contributed by atoms with van der Waals surface area (Å²) in [7, 11) is -6.52. The second-order valence-electron chi connectivity index (χ2n) is 15.9. The van der Waals surface area contributed by atoms with E-state index >= 15 is 0 Å². The van der Waals surface area contributed by atoms with Crippen molar-refractivity contribution in [1.29, 1.82) is 0 Å². The average Bonchev–Trinajstić information content (AvgIpc) is 3.32. The van der Waals surface area contributed by atoms with E-state index in [1.165, 1.54) is 6.33 Å². The lowest BCUT2D eigenvalue weighted by atomic mass is 10.1. The van der Waals surface area contributed by atoms with Crippen LogP contribution < -0.4 is 5.73 Å². The maximum absolute atomic E-state index is 7.22. The normalized spacial score (nSPS) is 23.8. The number of nitrogen functional groups attached to an aromatic ring is 1. The molecule has 2 N–H and O–H groups in total. The molecule has 1 saturated heterocycles. The molecule has 0 spiro atoms. The van der Waals surface area contributed by atoms with E-state index in [0.717, 1.165) is 0 Å². The highest BCUT2D eigenvalue weighted by Crippen LogP contribution is 2.47. The number of hydrogen-bond donors (Lipinski definition) is 1. The lowest BCUT2D eigenvalue weighted by molar-refractivity contribution is -0.0470. The first-order valence-corrected chi connectivity index (χ1v) is 23.2. The van der Waals surface area contributed by atoms with Crippen molar-refractivity contribution in [2.75, 3.05) is 12.3 Å². The van der Waals surface area contributed by atoms with Crippen LogP contribution in [0.1, 0.15) is 68.5 Å². The van der Waals surface area contributed by atoms with Crippen LogP contribution in [0.25, 0.3) is 11.2 Å². The van der Waals surface area contributed by atoms with Crippen molar-refractivity contribution >= 4 is 41.9 Å². The van der Waals surface area contributed by atoms with E-state index in [2.05, 4.69) is 117 Å². The Bertz CT molecular complexity index is 1180. The lowest BCUT2D eigenvalue weighted by Crippen LogP contribution is -2.54. The first kappa shape index (κ1) is 33.3. The van der Waals surface area contributed by atoms with Crippen LogP contribution in [0.15, 0.2) is 12.7 Å². The smallest absolute Gasteiger partial charge is 0.192 e. The summed E-state index contributed by atoms with van der Waals surface area (Å²) < 4.78 is 30.1. The third-order valence-corrected chi connectivity index (χ3v) is 23.3. The fraction of sp³-hybridized carbons (Fsp3) is 0.821. The molecule has 2 aromatic rings. The Labute approximate surface area is 245 Å². The summed E-state index contributed by atoms with van der Waals surface area (Å²) >= 11 is 0. The maximum atomic E-state index is 7.22. The van der Waals surface area contributed by atoms with E-state index in [-0.39, 0.29) is 33.4 Å². The van der Waals surface area contributed by atoms with Gasteiger partial charge in [0.15, 0.2) is 42.6 Å². The van der Waals surface area contributed by atoms with Crippen LogP contribution in [-0.4, -0.2) is 69.4 Å². The van der Waals surface area contributed by atoms with Gasteiger partial charge in [0.05, 0.1) is 12.9 Å². The Morgan fingerprint density at radius 3 is 1.77 bits per heavy atom. The van der Waals surface area contributed by atoms with Gasteiger partial charge in [0, 0.05) is 0 Å². The van der Waals surface area contributed by atoms with Crippen LogP contribution in [-0.2, 0) is 18.0 Å². The number of rotatable bonds is 8. The number of aromatic nitrogens is 4. The molecule has 0 aliphatic carbocycles. The van der Waals surface area contributed by atoms with Crippen molar-refractivity contribution in [2.45, 2.75) is 141 Å². The highest BCUT2D eigenvalue weighted by Gasteiger charge is 2.55. The molecule has 4 atom stereocenters. The number of fused-ring (bicyclic) bond motifs is 1. The molecule has 9 nitrogen and oxygen atoms in total. The summed E-state index contributed by atoms with van der Waals surface area (Å²) in [6.45, 7) is 34.4. The summed E-state index contributed by atoms with van der Waals surface area (Å²) in [6.07, 6.45) is 1.69. The summed E-state index contributed by atoms with van der Waals surface area (Å²) in [4.78, 5) is 13.2. The molecule has 1 fully saturated rings. The Kier molecular flexibility index (Phi) is 9.03. The van der Waals surface area contributed by atoms with Crippen LogP contribution in [0.3, 0.4) is 0 Å². The van der Waals surface area contributed by atoms with Gasteiger partial charge >= 0.3 is 0 Å². The van der Waals surface area contributed by atoms with E-state index in [4.69, 9.17) is 23.7 Å². The number of ether oxygens (including phenoxy) is 1. The van der Waals surface area contributed by atoms with E-state index in [1.54, 1.807) is 6.33 Å². The number of hydrogen-bond acceptors (Lipinski definition) is 8. The molecule has 0 amide bonds. The van der Waals surface area contributed by atoms with Gasteiger partial charge in [0.2, 0.25) is 0 Å². The van der Waals surface area contributed by atoms with Gasteiger partial charge < -0.3 is 23.7 Å². The van der Waals surface area contributed by atoms with Crippen LogP contribution >= 0.6 is 0 Å². The molecule has 3 rings (SSSR count). The predicted molar refractivity (Wildman–Crippen MR) is 171 cm³/mol. The van der Waals surface area contributed by atoms with Crippen molar-refractivity contribution < 1.29 is 18.0 Å². The minimum atomic E-state index is -2.25. The monoisotopic (exact) mass is 610 g/mol.